The first-order chi connectivity index (χ1) is 16.8. The zero-order chi connectivity index (χ0) is 22.9. The summed E-state index contributed by atoms with van der Waals surface area (Å²) in [6.07, 6.45) is 0. The highest BCUT2D eigenvalue weighted by molar-refractivity contribution is 9.10. The molecule has 6 aromatic rings. The van der Waals surface area contributed by atoms with Crippen LogP contribution >= 0.6 is 27.7 Å². The third-order valence-corrected chi connectivity index (χ3v) is 7.44. The molecule has 0 aliphatic rings. The lowest BCUT2D eigenvalue weighted by Crippen LogP contribution is -2.08. The maximum Gasteiger partial charge on any atom is 0.196 e. The fourth-order valence-corrected chi connectivity index (χ4v) is 5.78. The molecule has 0 amide bonds. The van der Waals surface area contributed by atoms with Gasteiger partial charge in [-0.25, -0.2) is 0 Å². The molecule has 6 rings (SSSR count). The lowest BCUT2D eigenvalue weighted by molar-refractivity contribution is 0.754. The van der Waals surface area contributed by atoms with Crippen LogP contribution in [-0.2, 0) is 12.3 Å². The van der Waals surface area contributed by atoms with Gasteiger partial charge in [0.15, 0.2) is 11.0 Å². The number of thioether (sulfide) groups is 1. The minimum absolute atomic E-state index is 0.632. The van der Waals surface area contributed by atoms with Crippen molar-refractivity contribution in [3.63, 3.8) is 0 Å². The molecule has 0 saturated heterocycles. The van der Waals surface area contributed by atoms with Crippen molar-refractivity contribution < 1.29 is 0 Å². The molecule has 4 nitrogen and oxygen atoms in total. The Morgan fingerprint density at radius 3 is 2.09 bits per heavy atom. The molecule has 4 aromatic carbocycles. The molecule has 0 fully saturated rings. The van der Waals surface area contributed by atoms with Crippen molar-refractivity contribution in [3.8, 4) is 5.69 Å². The fourth-order valence-electron chi connectivity index (χ4n) is 4.42. The number of aromatic nitrogens is 4. The Labute approximate surface area is 210 Å². The van der Waals surface area contributed by atoms with E-state index >= 15 is 0 Å². The van der Waals surface area contributed by atoms with Crippen LogP contribution in [0.15, 0.2) is 113 Å². The minimum Gasteiger partial charge on any atom is -0.333 e. The van der Waals surface area contributed by atoms with E-state index in [1.807, 2.05) is 12.1 Å². The number of hydrogen-bond acceptors (Lipinski definition) is 3. The molecule has 0 unspecified atom stereocenters. The zero-order valence-corrected chi connectivity index (χ0v) is 20.7. The van der Waals surface area contributed by atoms with Crippen molar-refractivity contribution in [1.82, 2.24) is 19.3 Å². The Morgan fingerprint density at radius 1 is 0.706 bits per heavy atom. The summed E-state index contributed by atoms with van der Waals surface area (Å²) in [6, 6.07) is 35.9. The lowest BCUT2D eigenvalue weighted by Gasteiger charge is -2.12. The van der Waals surface area contributed by atoms with E-state index in [0.29, 0.717) is 6.54 Å². The molecule has 0 aliphatic heterocycles. The fraction of sp³-hybridized carbons (Fsp3) is 0.0714. The van der Waals surface area contributed by atoms with E-state index in [9.17, 15) is 0 Å². The van der Waals surface area contributed by atoms with E-state index in [4.69, 9.17) is 0 Å². The van der Waals surface area contributed by atoms with Gasteiger partial charge in [-0.2, -0.15) is 0 Å². The van der Waals surface area contributed by atoms with Crippen molar-refractivity contribution in [2.75, 3.05) is 0 Å². The van der Waals surface area contributed by atoms with Gasteiger partial charge in [-0.15, -0.1) is 10.2 Å². The van der Waals surface area contributed by atoms with Crippen LogP contribution in [0.3, 0.4) is 0 Å². The van der Waals surface area contributed by atoms with Crippen LogP contribution < -0.4 is 0 Å². The Morgan fingerprint density at radius 2 is 1.38 bits per heavy atom. The molecule has 0 bridgehead atoms. The summed E-state index contributed by atoms with van der Waals surface area (Å²) in [7, 11) is 0. The molecular formula is C28H21BrN4S. The minimum atomic E-state index is 0.632. The van der Waals surface area contributed by atoms with Crippen molar-refractivity contribution in [2.45, 2.75) is 17.5 Å². The second-order valence-electron chi connectivity index (χ2n) is 8.11. The van der Waals surface area contributed by atoms with Crippen molar-refractivity contribution >= 4 is 49.5 Å². The summed E-state index contributed by atoms with van der Waals surface area (Å²) in [4.78, 5) is 0. The predicted molar refractivity (Wildman–Crippen MR) is 144 cm³/mol. The highest BCUT2D eigenvalue weighted by atomic mass is 79.9. The van der Waals surface area contributed by atoms with Gasteiger partial charge in [0.2, 0.25) is 0 Å². The van der Waals surface area contributed by atoms with E-state index in [2.05, 4.69) is 126 Å². The Bertz CT molecular complexity index is 1550. The van der Waals surface area contributed by atoms with Gasteiger partial charge in [0.1, 0.15) is 0 Å². The average molecular weight is 525 g/mol. The van der Waals surface area contributed by atoms with Gasteiger partial charge in [-0.05, 0) is 42.0 Å². The number of fused-ring (bicyclic) bond motifs is 3. The number of benzene rings is 4. The molecule has 0 radical (unpaired) electrons. The molecule has 2 aromatic heterocycles. The second kappa shape index (κ2) is 9.12. The zero-order valence-electron chi connectivity index (χ0n) is 18.3. The number of halogens is 1. The molecule has 0 N–H and O–H groups in total. The molecule has 0 aliphatic carbocycles. The van der Waals surface area contributed by atoms with Crippen molar-refractivity contribution in [2.24, 2.45) is 0 Å². The van der Waals surface area contributed by atoms with Crippen LogP contribution in [0, 0.1) is 0 Å². The molecule has 2 heterocycles. The first kappa shape index (κ1) is 21.2. The van der Waals surface area contributed by atoms with Crippen molar-refractivity contribution in [3.05, 3.63) is 119 Å². The van der Waals surface area contributed by atoms with Gasteiger partial charge in [-0.1, -0.05) is 94.4 Å². The maximum absolute atomic E-state index is 4.67. The largest absolute Gasteiger partial charge is 0.333 e. The Hall–Kier alpha value is -3.35. The highest BCUT2D eigenvalue weighted by Gasteiger charge is 2.18. The Balaban J connectivity index is 1.43. The average Bonchev–Trinajstić information content (AvgIpc) is 3.43. The second-order valence-corrected chi connectivity index (χ2v) is 9.97. The third kappa shape index (κ3) is 3.93. The predicted octanol–water partition coefficient (Wildman–Crippen LogP) is 7.48. The van der Waals surface area contributed by atoms with Crippen LogP contribution in [-0.4, -0.2) is 19.3 Å². The number of rotatable bonds is 6. The first-order valence-electron chi connectivity index (χ1n) is 11.1. The van der Waals surface area contributed by atoms with Gasteiger partial charge in [0, 0.05) is 37.7 Å². The van der Waals surface area contributed by atoms with E-state index < -0.39 is 0 Å². The number of nitrogens with zero attached hydrogens (tertiary/aromatic N) is 4. The third-order valence-electron chi connectivity index (χ3n) is 5.95. The first-order valence-corrected chi connectivity index (χ1v) is 12.9. The van der Waals surface area contributed by atoms with Crippen LogP contribution in [0.5, 0.6) is 0 Å². The van der Waals surface area contributed by atoms with Gasteiger partial charge >= 0.3 is 0 Å². The van der Waals surface area contributed by atoms with Gasteiger partial charge in [0.05, 0.1) is 6.54 Å². The molecule has 0 saturated carbocycles. The summed E-state index contributed by atoms with van der Waals surface area (Å²) < 4.78 is 5.62. The van der Waals surface area contributed by atoms with Gasteiger partial charge in [-0.3, -0.25) is 4.57 Å². The smallest absolute Gasteiger partial charge is 0.196 e. The topological polar surface area (TPSA) is 35.6 Å². The number of para-hydroxylation sites is 3. The van der Waals surface area contributed by atoms with E-state index in [1.54, 1.807) is 11.8 Å². The van der Waals surface area contributed by atoms with E-state index in [0.717, 1.165) is 26.9 Å². The van der Waals surface area contributed by atoms with E-state index in [1.165, 1.54) is 27.4 Å². The standard InChI is InChI=1S/C28H21BrN4S/c29-21-10-8-9-20(17-21)19-34-28-31-30-27(33(28)22-11-2-1-3-12-22)18-32-25-15-6-4-13-23(25)24-14-5-7-16-26(24)32/h1-17H,18-19H2. The molecule has 6 heteroatoms. The summed E-state index contributed by atoms with van der Waals surface area (Å²) in [5, 5.41) is 12.7. The molecule has 166 valence electrons. The van der Waals surface area contributed by atoms with Gasteiger partial charge in [0.25, 0.3) is 0 Å². The van der Waals surface area contributed by atoms with E-state index in [-0.39, 0.29) is 0 Å². The van der Waals surface area contributed by atoms with Crippen LogP contribution in [0.25, 0.3) is 27.5 Å². The van der Waals surface area contributed by atoms with Crippen LogP contribution in [0.4, 0.5) is 0 Å². The quantitative estimate of drug-likeness (QED) is 0.212. The molecular weight excluding hydrogens is 504 g/mol. The summed E-state index contributed by atoms with van der Waals surface area (Å²) in [5.41, 5.74) is 4.72. The molecule has 34 heavy (non-hydrogen) atoms. The van der Waals surface area contributed by atoms with Crippen LogP contribution in [0.2, 0.25) is 0 Å². The van der Waals surface area contributed by atoms with Crippen molar-refractivity contribution in [1.29, 1.82) is 0 Å². The SMILES string of the molecule is Brc1cccc(CSc2nnc(Cn3c4ccccc4c4ccccc43)n2-c2ccccc2)c1. The normalized spacial score (nSPS) is 11.4. The lowest BCUT2D eigenvalue weighted by atomic mass is 10.2. The molecule has 0 spiro atoms. The highest BCUT2D eigenvalue weighted by Crippen LogP contribution is 2.31. The summed E-state index contributed by atoms with van der Waals surface area (Å²) in [6.45, 7) is 0.632. The molecule has 0 atom stereocenters. The summed E-state index contributed by atoms with van der Waals surface area (Å²) in [5.74, 6) is 1.73. The van der Waals surface area contributed by atoms with Gasteiger partial charge < -0.3 is 4.57 Å². The maximum atomic E-state index is 4.67. The monoisotopic (exact) mass is 524 g/mol. The van der Waals surface area contributed by atoms with Crippen LogP contribution in [0.1, 0.15) is 11.4 Å². The summed E-state index contributed by atoms with van der Waals surface area (Å²) >= 11 is 5.27. The number of hydrogen-bond donors (Lipinski definition) is 0. The Kier molecular flexibility index (Phi) is 5.69.